The first kappa shape index (κ1) is 9.04. The van der Waals surface area contributed by atoms with E-state index in [2.05, 4.69) is 5.10 Å². The lowest BCUT2D eigenvalue weighted by molar-refractivity contribution is -0.212. The van der Waals surface area contributed by atoms with Crippen molar-refractivity contribution in [3.63, 3.8) is 0 Å². The van der Waals surface area contributed by atoms with Gasteiger partial charge >= 0.3 is 6.30 Å². The topological polar surface area (TPSA) is 52.0 Å². The Bertz CT molecular complexity index is 345. The van der Waals surface area contributed by atoms with E-state index in [1.54, 1.807) is 0 Å². The molecule has 0 saturated heterocycles. The summed E-state index contributed by atoms with van der Waals surface area (Å²) in [5, 5.41) is 2.82. The van der Waals surface area contributed by atoms with Gasteiger partial charge in [-0.2, -0.15) is 9.78 Å². The highest BCUT2D eigenvalue weighted by atomic mass is 32.2. The van der Waals surface area contributed by atoms with E-state index in [9.17, 15) is 21.6 Å². The molecule has 0 unspecified atom stereocenters. The van der Waals surface area contributed by atoms with Gasteiger partial charge in [0.1, 0.15) is 4.90 Å². The molecule has 0 atom stereocenters. The van der Waals surface area contributed by atoms with E-state index >= 15 is 0 Å². The molecule has 12 heavy (non-hydrogen) atoms. The number of thiol groups is 1. The van der Waals surface area contributed by atoms with Crippen LogP contribution in [0.5, 0.6) is 0 Å². The second-order valence-corrected chi connectivity index (χ2v) is 2.90. The first-order chi connectivity index (χ1) is 5.41. The molecule has 0 spiro atoms. The van der Waals surface area contributed by atoms with Crippen LogP contribution in [0, 0.1) is 0 Å². The van der Waals surface area contributed by atoms with Gasteiger partial charge in [0.25, 0.3) is 0 Å². The predicted octanol–water partition coefficient (Wildman–Crippen LogP) is 0.330. The SMILES string of the molecule is O=[SH](=O)c1cnn(C(F)(F)F)c1. The van der Waals surface area contributed by atoms with Crippen LogP contribution in [-0.4, -0.2) is 18.2 Å². The molecule has 0 bridgehead atoms. The normalized spacial score (nSPS) is 12.3. The number of hydrogen-bond acceptors (Lipinski definition) is 3. The van der Waals surface area contributed by atoms with Crippen molar-refractivity contribution in [2.24, 2.45) is 0 Å². The number of halogens is 3. The second-order valence-electron chi connectivity index (χ2n) is 1.87. The van der Waals surface area contributed by atoms with Gasteiger partial charge in [0.15, 0.2) is 10.7 Å². The van der Waals surface area contributed by atoms with Crippen molar-refractivity contribution in [3.05, 3.63) is 12.4 Å². The summed E-state index contributed by atoms with van der Waals surface area (Å²) in [6.07, 6.45) is -3.62. The van der Waals surface area contributed by atoms with Gasteiger partial charge in [-0.05, 0) is 0 Å². The molecule has 68 valence electrons. The summed E-state index contributed by atoms with van der Waals surface area (Å²) in [4.78, 5) is -0.456. The van der Waals surface area contributed by atoms with Crippen LogP contribution in [0.2, 0.25) is 0 Å². The Hall–Kier alpha value is -1.05. The molecule has 1 aromatic rings. The van der Waals surface area contributed by atoms with E-state index < -0.39 is 21.9 Å². The van der Waals surface area contributed by atoms with Gasteiger partial charge in [-0.3, -0.25) is 0 Å². The zero-order valence-corrected chi connectivity index (χ0v) is 6.34. The lowest BCUT2D eigenvalue weighted by Gasteiger charge is -2.03. The Labute approximate surface area is 66.6 Å². The summed E-state index contributed by atoms with van der Waals surface area (Å²) in [5.41, 5.74) is 0. The molecule has 8 heteroatoms. The zero-order chi connectivity index (χ0) is 9.35. The molecule has 1 heterocycles. The number of aromatic nitrogens is 2. The predicted molar refractivity (Wildman–Crippen MR) is 32.1 cm³/mol. The quantitative estimate of drug-likeness (QED) is 0.664. The molecule has 0 fully saturated rings. The van der Waals surface area contributed by atoms with E-state index in [0.29, 0.717) is 12.4 Å². The molecule has 0 N–H and O–H groups in total. The van der Waals surface area contributed by atoms with E-state index in [-0.39, 0.29) is 4.68 Å². The van der Waals surface area contributed by atoms with Crippen LogP contribution in [0.15, 0.2) is 17.3 Å². The summed E-state index contributed by atoms with van der Waals surface area (Å²) in [6.45, 7) is 0. The molecule has 0 amide bonds. The van der Waals surface area contributed by atoms with Crippen LogP contribution in [0.4, 0.5) is 13.2 Å². The fourth-order valence-corrected chi connectivity index (χ4v) is 0.896. The van der Waals surface area contributed by atoms with Crippen molar-refractivity contribution in [1.29, 1.82) is 0 Å². The Morgan fingerprint density at radius 2 is 2.00 bits per heavy atom. The zero-order valence-electron chi connectivity index (χ0n) is 5.45. The van der Waals surface area contributed by atoms with Crippen LogP contribution < -0.4 is 0 Å². The molecule has 0 radical (unpaired) electrons. The highest BCUT2D eigenvalue weighted by molar-refractivity contribution is 7.72. The van der Waals surface area contributed by atoms with E-state index in [1.807, 2.05) is 0 Å². The number of nitrogens with zero attached hydrogens (tertiary/aromatic N) is 2. The largest absolute Gasteiger partial charge is 0.504 e. The summed E-state index contributed by atoms with van der Waals surface area (Å²) in [7, 11) is -3.01. The summed E-state index contributed by atoms with van der Waals surface area (Å²) >= 11 is 0. The standard InChI is InChI=1S/C4H3F3N2O2S/c5-4(6,7)9-2-3(1-8-9)12(10)11/h1-2,12H. The van der Waals surface area contributed by atoms with Crippen molar-refractivity contribution in [2.45, 2.75) is 11.2 Å². The first-order valence-electron chi connectivity index (χ1n) is 2.67. The minimum absolute atomic E-state index is 0.368. The van der Waals surface area contributed by atoms with E-state index in [4.69, 9.17) is 0 Å². The summed E-state index contributed by atoms with van der Waals surface area (Å²) in [5.74, 6) is 0. The first-order valence-corrected chi connectivity index (χ1v) is 3.85. The molecular formula is C4H3F3N2O2S. The number of rotatable bonds is 1. The van der Waals surface area contributed by atoms with Gasteiger partial charge in [-0.15, -0.1) is 13.2 Å². The van der Waals surface area contributed by atoms with Gasteiger partial charge < -0.3 is 0 Å². The van der Waals surface area contributed by atoms with Gasteiger partial charge in [-0.1, -0.05) is 0 Å². The molecule has 0 aliphatic carbocycles. The van der Waals surface area contributed by atoms with Crippen molar-refractivity contribution < 1.29 is 21.6 Å². The summed E-state index contributed by atoms with van der Waals surface area (Å²) in [6, 6.07) is 0. The lowest BCUT2D eigenvalue weighted by atomic mass is 10.7. The summed E-state index contributed by atoms with van der Waals surface area (Å²) < 4.78 is 55.3. The molecule has 0 aliphatic rings. The number of alkyl halides is 3. The van der Waals surface area contributed by atoms with Gasteiger partial charge in [0.2, 0.25) is 0 Å². The van der Waals surface area contributed by atoms with Crippen molar-refractivity contribution in [1.82, 2.24) is 9.78 Å². The fraction of sp³-hybridized carbons (Fsp3) is 0.250. The maximum absolute atomic E-state index is 11.8. The highest BCUT2D eigenvalue weighted by Gasteiger charge is 2.31. The highest BCUT2D eigenvalue weighted by Crippen LogP contribution is 2.21. The minimum Gasteiger partial charge on any atom is -0.227 e. The van der Waals surface area contributed by atoms with E-state index in [1.165, 1.54) is 0 Å². The maximum atomic E-state index is 11.8. The fourth-order valence-electron chi connectivity index (χ4n) is 0.546. The molecule has 1 aromatic heterocycles. The van der Waals surface area contributed by atoms with E-state index in [0.717, 1.165) is 0 Å². The smallest absolute Gasteiger partial charge is 0.227 e. The monoisotopic (exact) mass is 200 g/mol. The van der Waals surface area contributed by atoms with Crippen molar-refractivity contribution >= 4 is 10.7 Å². The third-order valence-corrected chi connectivity index (χ3v) is 1.69. The molecule has 0 aromatic carbocycles. The average Bonchev–Trinajstić information content (AvgIpc) is 2.30. The molecule has 0 aliphatic heterocycles. The van der Waals surface area contributed by atoms with Crippen LogP contribution in [0.3, 0.4) is 0 Å². The van der Waals surface area contributed by atoms with Crippen LogP contribution >= 0.6 is 0 Å². The van der Waals surface area contributed by atoms with Crippen LogP contribution in [-0.2, 0) is 17.0 Å². The van der Waals surface area contributed by atoms with Crippen molar-refractivity contribution in [3.8, 4) is 0 Å². The van der Waals surface area contributed by atoms with Gasteiger partial charge in [0, 0.05) is 0 Å². The molecule has 4 nitrogen and oxygen atoms in total. The van der Waals surface area contributed by atoms with Crippen LogP contribution in [0.1, 0.15) is 0 Å². The number of hydrogen-bond donors (Lipinski definition) is 1. The Balaban J connectivity index is 3.08. The molecule has 1 rings (SSSR count). The Morgan fingerprint density at radius 3 is 2.25 bits per heavy atom. The molecule has 0 saturated carbocycles. The lowest BCUT2D eigenvalue weighted by Crippen LogP contribution is -2.16. The van der Waals surface area contributed by atoms with Crippen molar-refractivity contribution in [2.75, 3.05) is 0 Å². The average molecular weight is 200 g/mol. The van der Waals surface area contributed by atoms with Crippen LogP contribution in [0.25, 0.3) is 0 Å². The Kier molecular flexibility index (Phi) is 2.09. The van der Waals surface area contributed by atoms with Gasteiger partial charge in [-0.25, -0.2) is 8.42 Å². The maximum Gasteiger partial charge on any atom is 0.504 e. The van der Waals surface area contributed by atoms with Gasteiger partial charge in [0.05, 0.1) is 12.4 Å². The second kappa shape index (κ2) is 2.77. The molecular weight excluding hydrogens is 197 g/mol. The third kappa shape index (κ3) is 1.76. The Morgan fingerprint density at radius 1 is 1.42 bits per heavy atom. The third-order valence-electron chi connectivity index (χ3n) is 1.04. The minimum atomic E-state index is -4.66.